The molecule has 0 aromatic heterocycles. The molecular formula is C31H43NO8. The van der Waals surface area contributed by atoms with Gasteiger partial charge in [0.25, 0.3) is 0 Å². The zero-order valence-corrected chi connectivity index (χ0v) is 22.9. The number of ether oxygens (including phenoxy) is 1. The van der Waals surface area contributed by atoms with Gasteiger partial charge in [-0.25, -0.2) is 4.84 Å². The van der Waals surface area contributed by atoms with E-state index >= 15 is 0 Å². The smallest absolute Gasteiger partial charge is 0.306 e. The Morgan fingerprint density at radius 1 is 0.925 bits per heavy atom. The van der Waals surface area contributed by atoms with Crippen molar-refractivity contribution in [3.8, 4) is 0 Å². The number of rotatable bonds is 17. The molecule has 40 heavy (non-hydrogen) atoms. The number of nitrogens with zero attached hydrogens (tertiary/aromatic N) is 1. The van der Waals surface area contributed by atoms with Crippen molar-refractivity contribution in [3.05, 3.63) is 83.4 Å². The molecule has 0 heterocycles. The van der Waals surface area contributed by atoms with E-state index in [1.54, 1.807) is 24.3 Å². The van der Waals surface area contributed by atoms with Crippen LogP contribution in [0.15, 0.2) is 66.7 Å². The molecular weight excluding hydrogens is 514 g/mol. The molecule has 0 radical (unpaired) electrons. The molecule has 3 rings (SSSR count). The Balaban J connectivity index is 1.33. The van der Waals surface area contributed by atoms with Crippen molar-refractivity contribution >= 4 is 5.97 Å². The van der Waals surface area contributed by atoms with Gasteiger partial charge in [-0.2, -0.15) is 0 Å². The van der Waals surface area contributed by atoms with E-state index in [9.17, 15) is 20.1 Å². The number of unbranched alkanes of at least 4 members (excludes halogenated alkanes) is 1. The van der Waals surface area contributed by atoms with E-state index in [0.717, 1.165) is 6.42 Å². The summed E-state index contributed by atoms with van der Waals surface area (Å²) in [5.74, 6) is -0.423. The van der Waals surface area contributed by atoms with Crippen molar-refractivity contribution in [1.29, 1.82) is 0 Å². The Kier molecular flexibility index (Phi) is 13.7. The van der Waals surface area contributed by atoms with Crippen LogP contribution in [-0.4, -0.2) is 55.4 Å². The fourth-order valence-corrected chi connectivity index (χ4v) is 5.35. The molecule has 0 saturated heterocycles. The summed E-state index contributed by atoms with van der Waals surface area (Å²) in [4.78, 5) is 16.8. The normalized spacial score (nSPS) is 21.8. The number of carbonyl (C=O) groups is 1. The Morgan fingerprint density at radius 2 is 1.60 bits per heavy atom. The average Bonchev–Trinajstić information content (AvgIpc) is 3.22. The van der Waals surface area contributed by atoms with Gasteiger partial charge in [0.2, 0.25) is 0 Å². The topological polar surface area (TPSA) is 140 Å². The first-order valence-corrected chi connectivity index (χ1v) is 14.1. The Bertz CT molecular complexity index is 1030. The van der Waals surface area contributed by atoms with Crippen LogP contribution in [-0.2, 0) is 34.0 Å². The summed E-state index contributed by atoms with van der Waals surface area (Å²) in [7, 11) is 0. The number of hydrogen-bond donors (Lipinski definition) is 5. The fourth-order valence-electron chi connectivity index (χ4n) is 5.35. The predicted octanol–water partition coefficient (Wildman–Crippen LogP) is 4.49. The highest BCUT2D eigenvalue weighted by molar-refractivity contribution is 5.69. The molecule has 2 aromatic rings. The first kappa shape index (κ1) is 31.9. The summed E-state index contributed by atoms with van der Waals surface area (Å²) < 4.78 is 5.35. The maximum absolute atomic E-state index is 12.2. The van der Waals surface area contributed by atoms with Crippen molar-refractivity contribution in [3.63, 3.8) is 0 Å². The summed E-state index contributed by atoms with van der Waals surface area (Å²) in [6.45, 7) is -0.0107. The number of allylic oxidation sites excluding steroid dienone is 2. The lowest BCUT2D eigenvalue weighted by molar-refractivity contribution is -0.497. The molecule has 5 atom stereocenters. The third kappa shape index (κ3) is 11.1. The minimum Gasteiger partial charge on any atom is -0.461 e. The van der Waals surface area contributed by atoms with Crippen LogP contribution in [0, 0.1) is 11.8 Å². The number of aliphatic hydroxyl groups excluding tert-OH is 3. The van der Waals surface area contributed by atoms with E-state index in [2.05, 4.69) is 17.0 Å². The second kappa shape index (κ2) is 17.2. The van der Waals surface area contributed by atoms with E-state index in [0.29, 0.717) is 56.1 Å². The molecule has 0 bridgehead atoms. The molecule has 1 aliphatic rings. The van der Waals surface area contributed by atoms with Crippen LogP contribution in [0.2, 0.25) is 0 Å². The molecule has 220 valence electrons. The van der Waals surface area contributed by atoms with E-state index in [1.165, 1.54) is 5.56 Å². The number of hydrogen-bond acceptors (Lipinski definition) is 9. The van der Waals surface area contributed by atoms with Gasteiger partial charge in [-0.15, -0.1) is 0 Å². The maximum Gasteiger partial charge on any atom is 0.306 e. The van der Waals surface area contributed by atoms with Crippen molar-refractivity contribution < 1.29 is 40.1 Å². The molecule has 0 aliphatic heterocycles. The second-order valence-corrected chi connectivity index (χ2v) is 10.5. The molecule has 0 amide bonds. The van der Waals surface area contributed by atoms with Crippen molar-refractivity contribution in [2.75, 3.05) is 0 Å². The number of aryl methyl sites for hydroxylation is 1. The van der Waals surface area contributed by atoms with Gasteiger partial charge in [-0.3, -0.25) is 15.2 Å². The van der Waals surface area contributed by atoms with Crippen LogP contribution in [0.4, 0.5) is 0 Å². The van der Waals surface area contributed by atoms with Gasteiger partial charge in [0.1, 0.15) is 6.61 Å². The monoisotopic (exact) mass is 557 g/mol. The van der Waals surface area contributed by atoms with Crippen molar-refractivity contribution in [2.45, 2.75) is 89.3 Å². The van der Waals surface area contributed by atoms with Gasteiger partial charge in [0, 0.05) is 6.42 Å². The summed E-state index contributed by atoms with van der Waals surface area (Å²) in [5.41, 5.74) is 2.59. The lowest BCUT2D eigenvalue weighted by Crippen LogP contribution is -2.23. The second-order valence-electron chi connectivity index (χ2n) is 10.5. The van der Waals surface area contributed by atoms with Crippen LogP contribution in [0.25, 0.3) is 0 Å². The first-order chi connectivity index (χ1) is 19.3. The van der Waals surface area contributed by atoms with E-state index in [4.69, 9.17) is 15.2 Å². The number of esters is 1. The summed E-state index contributed by atoms with van der Waals surface area (Å²) in [6, 6.07) is 17.2. The molecule has 5 N–H and O–H groups in total. The van der Waals surface area contributed by atoms with Gasteiger partial charge in [-0.1, -0.05) is 66.7 Å². The number of carbonyl (C=O) groups excluding carboxylic acids is 1. The van der Waals surface area contributed by atoms with Crippen molar-refractivity contribution in [2.24, 2.45) is 11.8 Å². The minimum absolute atomic E-state index is 0.0490. The highest BCUT2D eigenvalue weighted by atomic mass is 17.1. The standard InChI is InChI=1S/C31H43NO8/c33-26(17-16-23-10-4-3-5-11-23)18-19-28-27(29(34)20-30(28)35)14-6-1-2-7-15-31(36)39-21-24-12-8-9-13-25(24)22-40-32(37)38/h1,3-6,8-13,26-30,33-35,37-38H,2,7,14-22H2/b6-1-/t26-,27+,28+,29-,30+/m0/s1. The van der Waals surface area contributed by atoms with E-state index in [1.807, 2.05) is 30.4 Å². The molecule has 1 saturated carbocycles. The average molecular weight is 558 g/mol. The minimum atomic E-state index is -0.563. The summed E-state index contributed by atoms with van der Waals surface area (Å²) in [5, 5.41) is 48.6. The number of benzene rings is 2. The van der Waals surface area contributed by atoms with Crippen LogP contribution >= 0.6 is 0 Å². The Labute approximate surface area is 236 Å². The quantitative estimate of drug-likeness (QED) is 0.0824. The van der Waals surface area contributed by atoms with Gasteiger partial charge in [0.15, 0.2) is 0 Å². The lowest BCUT2D eigenvalue weighted by Gasteiger charge is -2.23. The SMILES string of the molecule is O=C(CCC/C=C\C[C@@H]1[C@@H](CC[C@@H](O)CCc2ccccc2)[C@H](O)C[C@@H]1O)OCc1ccccc1CON(O)O. The summed E-state index contributed by atoms with van der Waals surface area (Å²) >= 11 is 0. The highest BCUT2D eigenvalue weighted by Gasteiger charge is 2.40. The van der Waals surface area contributed by atoms with Crippen LogP contribution in [0.1, 0.15) is 68.1 Å². The Hall–Kier alpha value is -2.63. The van der Waals surface area contributed by atoms with Crippen LogP contribution in [0.3, 0.4) is 0 Å². The molecule has 0 unspecified atom stereocenters. The Morgan fingerprint density at radius 3 is 2.33 bits per heavy atom. The third-order valence-corrected chi connectivity index (χ3v) is 7.63. The highest BCUT2D eigenvalue weighted by Crippen LogP contribution is 2.38. The van der Waals surface area contributed by atoms with Crippen molar-refractivity contribution in [1.82, 2.24) is 5.39 Å². The van der Waals surface area contributed by atoms with E-state index < -0.39 is 18.3 Å². The molecule has 9 nitrogen and oxygen atoms in total. The first-order valence-electron chi connectivity index (χ1n) is 14.1. The lowest BCUT2D eigenvalue weighted by atomic mass is 9.85. The maximum atomic E-state index is 12.2. The van der Waals surface area contributed by atoms with E-state index in [-0.39, 0.29) is 42.8 Å². The van der Waals surface area contributed by atoms with Gasteiger partial charge in [-0.05, 0) is 79.9 Å². The molecule has 2 aromatic carbocycles. The van der Waals surface area contributed by atoms with Crippen LogP contribution < -0.4 is 0 Å². The fraction of sp³-hybridized carbons (Fsp3) is 0.516. The summed E-state index contributed by atoms with van der Waals surface area (Å²) in [6.07, 6.45) is 7.79. The van der Waals surface area contributed by atoms with Gasteiger partial charge >= 0.3 is 5.97 Å². The molecule has 9 heteroatoms. The zero-order chi connectivity index (χ0) is 28.7. The van der Waals surface area contributed by atoms with Gasteiger partial charge in [0.05, 0.1) is 30.3 Å². The van der Waals surface area contributed by atoms with Crippen LogP contribution in [0.5, 0.6) is 0 Å². The molecule has 1 aliphatic carbocycles. The van der Waals surface area contributed by atoms with Gasteiger partial charge < -0.3 is 20.1 Å². The molecule has 1 fully saturated rings. The largest absolute Gasteiger partial charge is 0.461 e. The third-order valence-electron chi connectivity index (χ3n) is 7.63. The predicted molar refractivity (Wildman–Crippen MR) is 148 cm³/mol. The zero-order valence-electron chi connectivity index (χ0n) is 22.9. The molecule has 0 spiro atoms. The number of aliphatic hydroxyl groups is 3.